The molecule has 1 aliphatic carbocycles. The Morgan fingerprint density at radius 3 is 3.06 bits per heavy atom. The number of carboxylic acids is 1. The van der Waals surface area contributed by atoms with Crippen LogP contribution in [-0.4, -0.2) is 28.3 Å². The number of ether oxygens (including phenoxy) is 1. The highest BCUT2D eigenvalue weighted by Crippen LogP contribution is 2.37. The topological polar surface area (TPSA) is 85.5 Å². The van der Waals surface area contributed by atoms with Gasteiger partial charge in [-0.25, -0.2) is 0 Å². The fraction of sp³-hybridized carbons (Fsp3) is 0.700. The maximum atomic E-state index is 10.8. The molecule has 0 saturated heterocycles. The predicted octanol–water partition coefficient (Wildman–Crippen LogP) is 1.18. The van der Waals surface area contributed by atoms with Gasteiger partial charge in [-0.15, -0.1) is 0 Å². The van der Waals surface area contributed by atoms with Gasteiger partial charge in [0.2, 0.25) is 5.89 Å². The lowest BCUT2D eigenvalue weighted by molar-refractivity contribution is -0.141. The van der Waals surface area contributed by atoms with Gasteiger partial charge in [0.1, 0.15) is 6.61 Å². The average Bonchev–Trinajstić information content (AvgIpc) is 2.84. The molecule has 2 unspecified atom stereocenters. The second kappa shape index (κ2) is 4.61. The summed E-state index contributed by atoms with van der Waals surface area (Å²) in [4.78, 5) is 15.0. The van der Waals surface area contributed by atoms with Crippen LogP contribution in [0.2, 0.25) is 0 Å². The first-order chi connectivity index (χ1) is 7.70. The highest BCUT2D eigenvalue weighted by molar-refractivity contribution is 5.70. The Hall–Kier alpha value is -1.43. The minimum absolute atomic E-state index is 0.0826. The Morgan fingerprint density at radius 2 is 2.44 bits per heavy atom. The van der Waals surface area contributed by atoms with Crippen molar-refractivity contribution in [3.63, 3.8) is 0 Å². The molecule has 0 spiro atoms. The van der Waals surface area contributed by atoms with Crippen LogP contribution >= 0.6 is 0 Å². The van der Waals surface area contributed by atoms with Crippen molar-refractivity contribution in [3.05, 3.63) is 11.7 Å². The van der Waals surface area contributed by atoms with Gasteiger partial charge in [0.05, 0.1) is 5.92 Å². The highest BCUT2D eigenvalue weighted by Gasteiger charge is 2.33. The SMILES string of the molecule is COCc1noc(C2CCC(C(=O)O)C2)n1. The van der Waals surface area contributed by atoms with E-state index in [1.165, 1.54) is 0 Å². The summed E-state index contributed by atoms with van der Waals surface area (Å²) < 4.78 is 9.98. The third kappa shape index (κ3) is 2.21. The fourth-order valence-electron chi connectivity index (χ4n) is 2.05. The number of hydrogen-bond donors (Lipinski definition) is 1. The van der Waals surface area contributed by atoms with E-state index in [1.807, 2.05) is 0 Å². The summed E-state index contributed by atoms with van der Waals surface area (Å²) in [7, 11) is 1.56. The molecular formula is C10H14N2O4. The zero-order valence-electron chi connectivity index (χ0n) is 9.05. The van der Waals surface area contributed by atoms with E-state index in [0.717, 1.165) is 6.42 Å². The number of carboxylic acid groups (broad SMARTS) is 1. The lowest BCUT2D eigenvalue weighted by Crippen LogP contribution is -2.09. The summed E-state index contributed by atoms with van der Waals surface area (Å²) >= 11 is 0. The van der Waals surface area contributed by atoms with E-state index in [1.54, 1.807) is 7.11 Å². The van der Waals surface area contributed by atoms with Crippen molar-refractivity contribution in [1.29, 1.82) is 0 Å². The van der Waals surface area contributed by atoms with Gasteiger partial charge in [0.15, 0.2) is 5.82 Å². The van der Waals surface area contributed by atoms with Crippen molar-refractivity contribution in [2.45, 2.75) is 31.8 Å². The summed E-state index contributed by atoms with van der Waals surface area (Å²) in [6.45, 7) is 0.318. The van der Waals surface area contributed by atoms with E-state index in [9.17, 15) is 4.79 Å². The number of hydrogen-bond acceptors (Lipinski definition) is 5. The number of carbonyl (C=O) groups is 1. The van der Waals surface area contributed by atoms with Gasteiger partial charge in [0, 0.05) is 13.0 Å². The van der Waals surface area contributed by atoms with Crippen LogP contribution in [0.1, 0.15) is 36.9 Å². The summed E-state index contributed by atoms with van der Waals surface area (Å²) in [6, 6.07) is 0. The molecule has 0 aliphatic heterocycles. The number of methoxy groups -OCH3 is 1. The van der Waals surface area contributed by atoms with Gasteiger partial charge in [-0.05, 0) is 19.3 Å². The summed E-state index contributed by atoms with van der Waals surface area (Å²) in [5, 5.41) is 12.6. The van der Waals surface area contributed by atoms with Crippen LogP contribution in [0, 0.1) is 5.92 Å². The van der Waals surface area contributed by atoms with Crippen molar-refractivity contribution >= 4 is 5.97 Å². The first-order valence-corrected chi connectivity index (χ1v) is 5.25. The van der Waals surface area contributed by atoms with Crippen LogP contribution in [0.15, 0.2) is 4.52 Å². The molecule has 1 heterocycles. The van der Waals surface area contributed by atoms with Crippen molar-refractivity contribution in [3.8, 4) is 0 Å². The number of aromatic nitrogens is 2. The zero-order valence-corrected chi connectivity index (χ0v) is 9.05. The minimum atomic E-state index is -0.737. The van der Waals surface area contributed by atoms with E-state index < -0.39 is 5.97 Å². The Morgan fingerprint density at radius 1 is 1.62 bits per heavy atom. The van der Waals surface area contributed by atoms with Gasteiger partial charge in [-0.1, -0.05) is 5.16 Å². The first-order valence-electron chi connectivity index (χ1n) is 5.25. The summed E-state index contributed by atoms with van der Waals surface area (Å²) in [6.07, 6.45) is 2.07. The molecule has 0 radical (unpaired) electrons. The fourth-order valence-corrected chi connectivity index (χ4v) is 2.05. The van der Waals surface area contributed by atoms with Gasteiger partial charge >= 0.3 is 5.97 Å². The van der Waals surface area contributed by atoms with Crippen molar-refractivity contribution in [2.24, 2.45) is 5.92 Å². The second-order valence-corrected chi connectivity index (χ2v) is 4.03. The van der Waals surface area contributed by atoms with E-state index in [0.29, 0.717) is 31.2 Å². The number of rotatable bonds is 4. The lowest BCUT2D eigenvalue weighted by Gasteiger charge is -2.02. The minimum Gasteiger partial charge on any atom is -0.481 e. The molecule has 1 fully saturated rings. The van der Waals surface area contributed by atoms with Gasteiger partial charge in [-0.2, -0.15) is 4.98 Å². The molecule has 1 aliphatic rings. The average molecular weight is 226 g/mol. The maximum absolute atomic E-state index is 10.8. The summed E-state index contributed by atoms with van der Waals surface area (Å²) in [5.74, 6) is 0.119. The zero-order chi connectivity index (χ0) is 11.5. The van der Waals surface area contributed by atoms with Crippen LogP contribution in [0.25, 0.3) is 0 Å². The van der Waals surface area contributed by atoms with Gasteiger partial charge in [0.25, 0.3) is 0 Å². The Bertz CT molecular complexity index is 377. The molecular weight excluding hydrogens is 212 g/mol. The van der Waals surface area contributed by atoms with Crippen molar-refractivity contribution < 1.29 is 19.2 Å². The van der Waals surface area contributed by atoms with Crippen molar-refractivity contribution in [1.82, 2.24) is 10.1 Å². The Kier molecular flexibility index (Phi) is 3.19. The molecule has 1 aromatic heterocycles. The molecule has 0 aromatic carbocycles. The van der Waals surface area contributed by atoms with Crippen LogP contribution in [0.3, 0.4) is 0 Å². The number of nitrogens with zero attached hydrogens (tertiary/aromatic N) is 2. The molecule has 1 saturated carbocycles. The number of aliphatic carboxylic acids is 1. The Labute approximate surface area is 92.6 Å². The maximum Gasteiger partial charge on any atom is 0.306 e. The standard InChI is InChI=1S/C10H14N2O4/c1-15-5-8-11-9(16-12-8)6-2-3-7(4-6)10(13)14/h6-7H,2-5H2,1H3,(H,13,14). The monoisotopic (exact) mass is 226 g/mol. The highest BCUT2D eigenvalue weighted by atomic mass is 16.5. The second-order valence-electron chi connectivity index (χ2n) is 4.03. The first kappa shape index (κ1) is 11.1. The molecule has 0 amide bonds. The van der Waals surface area contributed by atoms with Crippen molar-refractivity contribution in [2.75, 3.05) is 7.11 Å². The molecule has 6 heteroatoms. The van der Waals surface area contributed by atoms with Gasteiger partial charge < -0.3 is 14.4 Å². The van der Waals surface area contributed by atoms with E-state index >= 15 is 0 Å². The lowest BCUT2D eigenvalue weighted by atomic mass is 10.1. The third-order valence-corrected chi connectivity index (χ3v) is 2.89. The van der Waals surface area contributed by atoms with Crippen LogP contribution in [0.4, 0.5) is 0 Å². The van der Waals surface area contributed by atoms with E-state index in [-0.39, 0.29) is 11.8 Å². The van der Waals surface area contributed by atoms with Crippen LogP contribution < -0.4 is 0 Å². The third-order valence-electron chi connectivity index (χ3n) is 2.89. The molecule has 1 N–H and O–H groups in total. The predicted molar refractivity (Wildman–Crippen MR) is 52.7 cm³/mol. The quantitative estimate of drug-likeness (QED) is 0.829. The van der Waals surface area contributed by atoms with E-state index in [4.69, 9.17) is 14.4 Å². The molecule has 16 heavy (non-hydrogen) atoms. The molecule has 88 valence electrons. The van der Waals surface area contributed by atoms with Crippen LogP contribution in [-0.2, 0) is 16.1 Å². The largest absolute Gasteiger partial charge is 0.481 e. The molecule has 1 aromatic rings. The molecule has 2 rings (SSSR count). The van der Waals surface area contributed by atoms with Crippen LogP contribution in [0.5, 0.6) is 0 Å². The molecule has 6 nitrogen and oxygen atoms in total. The summed E-state index contributed by atoms with van der Waals surface area (Å²) in [5.41, 5.74) is 0. The normalized spacial score (nSPS) is 24.8. The van der Waals surface area contributed by atoms with E-state index in [2.05, 4.69) is 10.1 Å². The molecule has 0 bridgehead atoms. The molecule has 2 atom stereocenters. The smallest absolute Gasteiger partial charge is 0.306 e. The Balaban J connectivity index is 2.00. The van der Waals surface area contributed by atoms with Gasteiger partial charge in [-0.3, -0.25) is 4.79 Å².